The van der Waals surface area contributed by atoms with Crippen LogP contribution in [0.1, 0.15) is 32.4 Å². The van der Waals surface area contributed by atoms with E-state index in [4.69, 9.17) is 14.2 Å². The zero-order chi connectivity index (χ0) is 21.6. The van der Waals surface area contributed by atoms with Crippen molar-refractivity contribution < 1.29 is 23.8 Å². The SMILES string of the molecule is CCOC(=O)C1=C(CN(CC)CC)N(C)C(=O)NC1c1ccc(OC)c(OC)c1. The smallest absolute Gasteiger partial charge is 0.338 e. The molecule has 2 rings (SSSR count). The van der Waals surface area contributed by atoms with Crippen molar-refractivity contribution in [1.82, 2.24) is 15.1 Å². The molecule has 0 fully saturated rings. The predicted octanol–water partition coefficient (Wildman–Crippen LogP) is 2.56. The van der Waals surface area contributed by atoms with Gasteiger partial charge in [0.15, 0.2) is 11.5 Å². The maximum Gasteiger partial charge on any atom is 0.338 e. The summed E-state index contributed by atoms with van der Waals surface area (Å²) in [7, 11) is 4.77. The van der Waals surface area contributed by atoms with E-state index in [0.717, 1.165) is 13.1 Å². The second kappa shape index (κ2) is 10.2. The fourth-order valence-corrected chi connectivity index (χ4v) is 3.34. The lowest BCUT2D eigenvalue weighted by molar-refractivity contribution is -0.139. The number of rotatable bonds is 9. The van der Waals surface area contributed by atoms with Crippen molar-refractivity contribution in [2.45, 2.75) is 26.8 Å². The van der Waals surface area contributed by atoms with Gasteiger partial charge in [-0.3, -0.25) is 9.80 Å². The number of hydrogen-bond donors (Lipinski definition) is 1. The van der Waals surface area contributed by atoms with Crippen molar-refractivity contribution in [3.8, 4) is 11.5 Å². The fourth-order valence-electron chi connectivity index (χ4n) is 3.34. The lowest BCUT2D eigenvalue weighted by atomic mass is 9.94. The quantitative estimate of drug-likeness (QED) is 0.636. The molecular weight excluding hydrogens is 374 g/mol. The van der Waals surface area contributed by atoms with Gasteiger partial charge < -0.3 is 19.5 Å². The molecule has 29 heavy (non-hydrogen) atoms. The number of benzene rings is 1. The summed E-state index contributed by atoms with van der Waals surface area (Å²) in [5.41, 5.74) is 1.77. The Hall–Kier alpha value is -2.74. The van der Waals surface area contributed by atoms with Crippen LogP contribution < -0.4 is 14.8 Å². The molecule has 1 aromatic rings. The van der Waals surface area contributed by atoms with Gasteiger partial charge >= 0.3 is 12.0 Å². The number of amides is 2. The molecule has 160 valence electrons. The predicted molar refractivity (Wildman–Crippen MR) is 110 cm³/mol. The summed E-state index contributed by atoms with van der Waals surface area (Å²) in [5, 5.41) is 2.91. The minimum absolute atomic E-state index is 0.247. The van der Waals surface area contributed by atoms with Gasteiger partial charge in [-0.05, 0) is 37.7 Å². The zero-order valence-corrected chi connectivity index (χ0v) is 18.1. The molecule has 1 N–H and O–H groups in total. The third kappa shape index (κ3) is 4.82. The summed E-state index contributed by atoms with van der Waals surface area (Å²) in [6.07, 6.45) is 0. The Kier molecular flexibility index (Phi) is 7.90. The molecule has 0 spiro atoms. The first kappa shape index (κ1) is 22.5. The summed E-state index contributed by atoms with van der Waals surface area (Å²) in [4.78, 5) is 29.3. The third-order valence-electron chi connectivity index (χ3n) is 5.08. The van der Waals surface area contributed by atoms with E-state index in [0.29, 0.717) is 34.9 Å². The highest BCUT2D eigenvalue weighted by Crippen LogP contribution is 2.36. The third-order valence-corrected chi connectivity index (χ3v) is 5.08. The molecule has 0 bridgehead atoms. The van der Waals surface area contributed by atoms with Crippen LogP contribution in [0.2, 0.25) is 0 Å². The van der Waals surface area contributed by atoms with E-state index in [2.05, 4.69) is 10.2 Å². The van der Waals surface area contributed by atoms with E-state index >= 15 is 0 Å². The number of nitrogens with one attached hydrogen (secondary N) is 1. The van der Waals surface area contributed by atoms with Crippen molar-refractivity contribution in [3.63, 3.8) is 0 Å². The molecule has 0 aromatic heterocycles. The molecule has 0 aliphatic carbocycles. The number of nitrogens with zero attached hydrogens (tertiary/aromatic N) is 2. The maximum absolute atomic E-state index is 12.9. The van der Waals surface area contributed by atoms with Gasteiger partial charge in [0.1, 0.15) is 0 Å². The number of esters is 1. The van der Waals surface area contributed by atoms with Gasteiger partial charge in [-0.15, -0.1) is 0 Å². The lowest BCUT2D eigenvalue weighted by Crippen LogP contribution is -2.49. The largest absolute Gasteiger partial charge is 0.493 e. The Morgan fingerprint density at radius 3 is 2.34 bits per heavy atom. The molecule has 1 atom stereocenters. The van der Waals surface area contributed by atoms with Gasteiger partial charge in [-0.2, -0.15) is 0 Å². The van der Waals surface area contributed by atoms with Crippen LogP contribution in [0.3, 0.4) is 0 Å². The summed E-state index contributed by atoms with van der Waals surface area (Å²) >= 11 is 0. The van der Waals surface area contributed by atoms with Crippen LogP contribution in [-0.2, 0) is 9.53 Å². The number of urea groups is 1. The molecule has 1 unspecified atom stereocenters. The second-order valence-electron chi connectivity index (χ2n) is 6.60. The summed E-state index contributed by atoms with van der Waals surface area (Å²) in [6.45, 7) is 8.16. The van der Waals surface area contributed by atoms with Crippen LogP contribution >= 0.6 is 0 Å². The van der Waals surface area contributed by atoms with Crippen LogP contribution in [0.4, 0.5) is 4.79 Å². The zero-order valence-electron chi connectivity index (χ0n) is 18.1. The Bertz CT molecular complexity index is 774. The molecule has 1 aliphatic rings. The molecular formula is C21H31N3O5. The standard InChI is InChI=1S/C21H31N3O5/c1-7-24(8-2)13-15-18(20(25)29-9-3)19(22-21(26)23(15)4)14-10-11-16(27-5)17(12-14)28-6/h10-12,19H,7-9,13H2,1-6H3,(H,22,26). The van der Waals surface area contributed by atoms with Crippen molar-refractivity contribution in [2.75, 3.05) is 47.5 Å². The van der Waals surface area contributed by atoms with E-state index in [1.807, 2.05) is 19.9 Å². The Balaban J connectivity index is 2.62. The van der Waals surface area contributed by atoms with Crippen LogP contribution in [0.5, 0.6) is 11.5 Å². The molecule has 0 saturated carbocycles. The molecule has 1 heterocycles. The van der Waals surface area contributed by atoms with Gasteiger partial charge in [0.25, 0.3) is 0 Å². The normalized spacial score (nSPS) is 16.7. The number of likely N-dealkylation sites (N-methyl/N-ethyl adjacent to an activating group) is 2. The van der Waals surface area contributed by atoms with Crippen LogP contribution in [0.25, 0.3) is 0 Å². The van der Waals surface area contributed by atoms with Gasteiger partial charge in [0.2, 0.25) is 0 Å². The average molecular weight is 405 g/mol. The highest BCUT2D eigenvalue weighted by Gasteiger charge is 2.37. The number of ether oxygens (including phenoxy) is 3. The van der Waals surface area contributed by atoms with Gasteiger partial charge in [-0.25, -0.2) is 9.59 Å². The van der Waals surface area contributed by atoms with Crippen LogP contribution in [-0.4, -0.2) is 69.3 Å². The van der Waals surface area contributed by atoms with Crippen molar-refractivity contribution in [1.29, 1.82) is 0 Å². The van der Waals surface area contributed by atoms with Gasteiger partial charge in [0.05, 0.1) is 32.4 Å². The van der Waals surface area contributed by atoms with E-state index in [1.165, 1.54) is 4.90 Å². The van der Waals surface area contributed by atoms with E-state index in [1.54, 1.807) is 40.3 Å². The van der Waals surface area contributed by atoms with Crippen LogP contribution in [0.15, 0.2) is 29.5 Å². The molecule has 0 radical (unpaired) electrons. The monoisotopic (exact) mass is 405 g/mol. The van der Waals surface area contributed by atoms with Crippen LogP contribution in [0, 0.1) is 0 Å². The number of carbonyl (C=O) groups is 2. The first-order chi connectivity index (χ1) is 13.9. The Labute approximate surface area is 172 Å². The Morgan fingerprint density at radius 1 is 1.14 bits per heavy atom. The number of carbonyl (C=O) groups excluding carboxylic acids is 2. The number of methoxy groups -OCH3 is 2. The minimum Gasteiger partial charge on any atom is -0.493 e. The maximum atomic E-state index is 12.9. The summed E-state index contributed by atoms with van der Waals surface area (Å²) in [6, 6.07) is 4.41. The first-order valence-electron chi connectivity index (χ1n) is 9.80. The molecule has 2 amide bonds. The first-order valence-corrected chi connectivity index (χ1v) is 9.80. The van der Waals surface area contributed by atoms with Crippen molar-refractivity contribution >= 4 is 12.0 Å². The average Bonchev–Trinajstić information content (AvgIpc) is 2.73. The molecule has 1 aromatic carbocycles. The highest BCUT2D eigenvalue weighted by molar-refractivity contribution is 5.95. The van der Waals surface area contributed by atoms with E-state index < -0.39 is 12.0 Å². The van der Waals surface area contributed by atoms with Gasteiger partial charge in [-0.1, -0.05) is 19.9 Å². The Morgan fingerprint density at radius 2 is 1.79 bits per heavy atom. The number of hydrogen-bond acceptors (Lipinski definition) is 6. The fraction of sp³-hybridized carbons (Fsp3) is 0.524. The van der Waals surface area contributed by atoms with Crippen molar-refractivity contribution in [3.05, 3.63) is 35.0 Å². The molecule has 8 heteroatoms. The summed E-state index contributed by atoms with van der Waals surface area (Å²) < 4.78 is 16.0. The second-order valence-corrected chi connectivity index (χ2v) is 6.60. The highest BCUT2D eigenvalue weighted by atomic mass is 16.5. The van der Waals surface area contributed by atoms with Crippen molar-refractivity contribution in [2.24, 2.45) is 0 Å². The lowest BCUT2D eigenvalue weighted by Gasteiger charge is -2.36. The topological polar surface area (TPSA) is 80.3 Å². The summed E-state index contributed by atoms with van der Waals surface area (Å²) in [5.74, 6) is 0.647. The van der Waals surface area contributed by atoms with Gasteiger partial charge in [0, 0.05) is 19.3 Å². The molecule has 8 nitrogen and oxygen atoms in total. The van der Waals surface area contributed by atoms with E-state index in [9.17, 15) is 9.59 Å². The molecule has 1 aliphatic heterocycles. The molecule has 0 saturated heterocycles. The minimum atomic E-state index is -0.650. The van der Waals surface area contributed by atoms with E-state index in [-0.39, 0.29) is 12.6 Å².